The van der Waals surface area contributed by atoms with Crippen LogP contribution < -0.4 is 21.9 Å². The minimum atomic E-state index is -0.690. The maximum Gasteiger partial charge on any atom is 0.329 e. The van der Waals surface area contributed by atoms with Crippen LogP contribution >= 0.6 is 0 Å². The average Bonchev–Trinajstić information content (AvgIpc) is 3.19. The Bertz CT molecular complexity index is 1210. The molecule has 2 heterocycles. The van der Waals surface area contributed by atoms with Crippen LogP contribution in [-0.2, 0) is 6.54 Å². The van der Waals surface area contributed by atoms with Gasteiger partial charge >= 0.3 is 5.69 Å². The van der Waals surface area contributed by atoms with Crippen LogP contribution in [0.25, 0.3) is 10.9 Å². The highest BCUT2D eigenvalue weighted by Crippen LogP contribution is 2.15. The highest BCUT2D eigenvalue weighted by molar-refractivity contribution is 5.94. The summed E-state index contributed by atoms with van der Waals surface area (Å²) >= 11 is 0. The molecule has 0 bridgehead atoms. The molecule has 0 aliphatic carbocycles. The Labute approximate surface area is 163 Å². The van der Waals surface area contributed by atoms with E-state index in [0.717, 1.165) is 31.2 Å². The molecule has 9 heteroatoms. The fourth-order valence-electron chi connectivity index (χ4n) is 3.49. The summed E-state index contributed by atoms with van der Waals surface area (Å²) in [5.74, 6) is -1.80. The second kappa shape index (κ2) is 7.59. The Morgan fingerprint density at radius 2 is 2.00 bits per heavy atom. The number of amides is 1. The highest BCUT2D eigenvalue weighted by atomic mass is 19.1. The highest BCUT2D eigenvalue weighted by Gasteiger charge is 2.20. The zero-order valence-electron chi connectivity index (χ0n) is 15.3. The molecule has 1 aliphatic heterocycles. The first-order valence-corrected chi connectivity index (χ1v) is 9.15. The van der Waals surface area contributed by atoms with Crippen molar-refractivity contribution >= 4 is 16.8 Å². The minimum Gasteiger partial charge on any atom is -0.348 e. The molecule has 0 radical (unpaired) electrons. The summed E-state index contributed by atoms with van der Waals surface area (Å²) in [4.78, 5) is 38.9. The van der Waals surface area contributed by atoms with Crippen LogP contribution in [0.4, 0.5) is 8.78 Å². The molecule has 7 nitrogen and oxygen atoms in total. The van der Waals surface area contributed by atoms with Crippen molar-refractivity contribution < 1.29 is 13.6 Å². The number of hydrogen-bond acceptors (Lipinski definition) is 4. The van der Waals surface area contributed by atoms with Crippen LogP contribution in [0.15, 0.2) is 46.0 Å². The number of carbonyl (C=O) groups is 1. The van der Waals surface area contributed by atoms with E-state index < -0.39 is 28.8 Å². The van der Waals surface area contributed by atoms with E-state index in [2.05, 4.69) is 15.6 Å². The van der Waals surface area contributed by atoms with E-state index >= 15 is 0 Å². The predicted octanol–water partition coefficient (Wildman–Crippen LogP) is 1.11. The molecule has 1 fully saturated rings. The van der Waals surface area contributed by atoms with Crippen LogP contribution in [0.5, 0.6) is 0 Å². The maximum atomic E-state index is 14.2. The smallest absolute Gasteiger partial charge is 0.329 e. The number of rotatable bonds is 4. The first-order valence-electron chi connectivity index (χ1n) is 9.15. The van der Waals surface area contributed by atoms with Crippen molar-refractivity contribution in [3.63, 3.8) is 0 Å². The van der Waals surface area contributed by atoms with Gasteiger partial charge in [0.05, 0.1) is 23.0 Å². The SMILES string of the molecule is O=C(NC1CCNC1)c1cc(Cn2c(=O)[nH]c(=O)c3cc(F)ccc32)ccc1F. The first-order chi connectivity index (χ1) is 13.9. The van der Waals surface area contributed by atoms with Gasteiger partial charge in [-0.2, -0.15) is 0 Å². The Morgan fingerprint density at radius 1 is 1.17 bits per heavy atom. The number of fused-ring (bicyclic) bond motifs is 1. The standard InChI is InChI=1S/C20H18F2N4O3/c21-12-2-4-17-15(8-12)19(28)25-20(29)26(17)10-11-1-3-16(22)14(7-11)18(27)24-13-5-6-23-9-13/h1-4,7-8,13,23H,5-6,9-10H2,(H,24,27)(H,25,28,29). The number of benzene rings is 2. The van der Waals surface area contributed by atoms with Crippen LogP contribution in [-0.4, -0.2) is 34.6 Å². The molecular formula is C20H18F2N4O3. The van der Waals surface area contributed by atoms with E-state index in [-0.39, 0.29) is 29.1 Å². The molecule has 1 atom stereocenters. The Hall–Kier alpha value is -3.33. The number of nitrogens with one attached hydrogen (secondary N) is 3. The lowest BCUT2D eigenvalue weighted by molar-refractivity contribution is 0.0936. The molecule has 4 rings (SSSR count). The maximum absolute atomic E-state index is 14.2. The molecule has 1 aliphatic rings. The van der Waals surface area contributed by atoms with Crippen LogP contribution in [0.3, 0.4) is 0 Å². The molecule has 1 saturated heterocycles. The van der Waals surface area contributed by atoms with Gasteiger partial charge < -0.3 is 10.6 Å². The van der Waals surface area contributed by atoms with Gasteiger partial charge in [-0.1, -0.05) is 6.07 Å². The number of aromatic amines is 1. The number of hydrogen-bond donors (Lipinski definition) is 3. The van der Waals surface area contributed by atoms with Crippen molar-refractivity contribution in [2.24, 2.45) is 0 Å². The largest absolute Gasteiger partial charge is 0.348 e. The number of carbonyl (C=O) groups excluding carboxylic acids is 1. The summed E-state index contributed by atoms with van der Waals surface area (Å²) < 4.78 is 29.0. The number of halogens is 2. The summed E-state index contributed by atoms with van der Waals surface area (Å²) in [6.07, 6.45) is 0.766. The summed E-state index contributed by atoms with van der Waals surface area (Å²) in [6, 6.07) is 7.46. The summed E-state index contributed by atoms with van der Waals surface area (Å²) in [6.45, 7) is 1.39. The number of nitrogens with zero attached hydrogens (tertiary/aromatic N) is 1. The molecular weight excluding hydrogens is 382 g/mol. The third kappa shape index (κ3) is 3.81. The van der Waals surface area contributed by atoms with Crippen molar-refractivity contribution in [3.05, 3.63) is 80.0 Å². The van der Waals surface area contributed by atoms with Crippen LogP contribution in [0.2, 0.25) is 0 Å². The lowest BCUT2D eigenvalue weighted by Crippen LogP contribution is -2.36. The predicted molar refractivity (Wildman–Crippen MR) is 103 cm³/mol. The zero-order chi connectivity index (χ0) is 20.5. The van der Waals surface area contributed by atoms with Gasteiger partial charge in [0.2, 0.25) is 0 Å². The fourth-order valence-corrected chi connectivity index (χ4v) is 3.49. The third-order valence-electron chi connectivity index (χ3n) is 4.97. The van der Waals surface area contributed by atoms with Gasteiger partial charge in [-0.25, -0.2) is 13.6 Å². The Kier molecular flexibility index (Phi) is 4.98. The van der Waals surface area contributed by atoms with E-state index in [1.54, 1.807) is 0 Å². The van der Waals surface area contributed by atoms with E-state index in [1.165, 1.54) is 22.8 Å². The Morgan fingerprint density at radius 3 is 2.76 bits per heavy atom. The molecule has 0 spiro atoms. The molecule has 2 aromatic carbocycles. The molecule has 1 amide bonds. The lowest BCUT2D eigenvalue weighted by Gasteiger charge is -2.14. The number of H-pyrrole nitrogens is 1. The normalized spacial score (nSPS) is 16.3. The Balaban J connectivity index is 1.69. The zero-order valence-corrected chi connectivity index (χ0v) is 15.3. The summed E-state index contributed by atoms with van der Waals surface area (Å²) in [5, 5.41) is 5.93. The molecule has 150 valence electrons. The molecule has 3 aromatic rings. The molecule has 1 aromatic heterocycles. The van der Waals surface area contributed by atoms with Crippen molar-refractivity contribution in [2.45, 2.75) is 19.0 Å². The van der Waals surface area contributed by atoms with Crippen molar-refractivity contribution in [1.82, 2.24) is 20.2 Å². The van der Waals surface area contributed by atoms with Crippen LogP contribution in [0, 0.1) is 11.6 Å². The quantitative estimate of drug-likeness (QED) is 0.611. The van der Waals surface area contributed by atoms with E-state index in [4.69, 9.17) is 0 Å². The lowest BCUT2D eigenvalue weighted by atomic mass is 10.1. The van der Waals surface area contributed by atoms with E-state index in [9.17, 15) is 23.2 Å². The summed E-state index contributed by atoms with van der Waals surface area (Å²) in [7, 11) is 0. The second-order valence-electron chi connectivity index (χ2n) is 6.98. The van der Waals surface area contributed by atoms with Crippen molar-refractivity contribution in [1.29, 1.82) is 0 Å². The van der Waals surface area contributed by atoms with Gasteiger partial charge in [0.25, 0.3) is 11.5 Å². The third-order valence-corrected chi connectivity index (χ3v) is 4.97. The second-order valence-corrected chi connectivity index (χ2v) is 6.98. The van der Waals surface area contributed by atoms with Gasteiger partial charge in [-0.15, -0.1) is 0 Å². The average molecular weight is 400 g/mol. The van der Waals surface area contributed by atoms with Crippen molar-refractivity contribution in [3.8, 4) is 0 Å². The summed E-state index contributed by atoms with van der Waals surface area (Å²) in [5.41, 5.74) is -0.762. The minimum absolute atomic E-state index is 0.0245. The van der Waals surface area contributed by atoms with Gasteiger partial charge in [-0.05, 0) is 48.9 Å². The number of aromatic nitrogens is 2. The molecule has 0 saturated carbocycles. The molecule has 29 heavy (non-hydrogen) atoms. The van der Waals surface area contributed by atoms with Crippen LogP contribution in [0.1, 0.15) is 22.3 Å². The van der Waals surface area contributed by atoms with Gasteiger partial charge in [0, 0.05) is 12.6 Å². The van der Waals surface area contributed by atoms with Gasteiger partial charge in [0.1, 0.15) is 11.6 Å². The van der Waals surface area contributed by atoms with E-state index in [1.807, 2.05) is 0 Å². The van der Waals surface area contributed by atoms with Gasteiger partial charge in [-0.3, -0.25) is 19.1 Å². The van der Waals surface area contributed by atoms with Gasteiger partial charge in [0.15, 0.2) is 0 Å². The fraction of sp³-hybridized carbons (Fsp3) is 0.250. The molecule has 1 unspecified atom stereocenters. The molecule has 3 N–H and O–H groups in total. The monoisotopic (exact) mass is 400 g/mol. The van der Waals surface area contributed by atoms with Crippen molar-refractivity contribution in [2.75, 3.05) is 13.1 Å². The topological polar surface area (TPSA) is 96.0 Å². The van der Waals surface area contributed by atoms with E-state index in [0.29, 0.717) is 12.1 Å². The first kappa shape index (κ1) is 19.0.